The van der Waals surface area contributed by atoms with E-state index < -0.39 is 0 Å². The summed E-state index contributed by atoms with van der Waals surface area (Å²) < 4.78 is 11.8. The van der Waals surface area contributed by atoms with Gasteiger partial charge in [-0.25, -0.2) is 0 Å². The van der Waals surface area contributed by atoms with Crippen molar-refractivity contribution in [2.75, 3.05) is 19.8 Å². The van der Waals surface area contributed by atoms with Gasteiger partial charge >= 0.3 is 0 Å². The molecule has 4 nitrogen and oxygen atoms in total. The molecule has 0 saturated carbocycles. The van der Waals surface area contributed by atoms with Crippen LogP contribution in [0.1, 0.15) is 17.2 Å². The number of aliphatic hydroxyl groups excluding tert-OH is 1. The van der Waals surface area contributed by atoms with Crippen LogP contribution in [0.4, 0.5) is 0 Å². The molecule has 2 aromatic rings. The van der Waals surface area contributed by atoms with Gasteiger partial charge in [0.2, 0.25) is 0 Å². The summed E-state index contributed by atoms with van der Waals surface area (Å²) in [6, 6.07) is 17.4. The lowest BCUT2D eigenvalue weighted by Gasteiger charge is -2.21. The highest BCUT2D eigenvalue weighted by Crippen LogP contribution is 2.25. The lowest BCUT2D eigenvalue weighted by atomic mass is 10.1. The topological polar surface area (TPSA) is 50.7 Å². The Labute approximate surface area is 137 Å². The zero-order valence-electron chi connectivity index (χ0n) is 13.2. The third kappa shape index (κ3) is 5.43. The Morgan fingerprint density at radius 2 is 1.83 bits per heavy atom. The Bertz CT molecular complexity index is 586. The molecule has 0 fully saturated rings. The number of ether oxygens (including phenoxy) is 2. The van der Waals surface area contributed by atoms with Crippen molar-refractivity contribution in [3.63, 3.8) is 0 Å². The number of benzene rings is 2. The number of nitrogens with one attached hydrogen (secondary N) is 1. The summed E-state index contributed by atoms with van der Waals surface area (Å²) in [5, 5.41) is 12.4. The summed E-state index contributed by atoms with van der Waals surface area (Å²) in [6.07, 6.45) is 1.42. The molecule has 0 amide bonds. The van der Waals surface area contributed by atoms with Gasteiger partial charge in [0.1, 0.15) is 11.9 Å². The summed E-state index contributed by atoms with van der Waals surface area (Å²) >= 11 is 0. The molecule has 1 atom stereocenters. The first-order chi connectivity index (χ1) is 11.3. The Morgan fingerprint density at radius 1 is 1.09 bits per heavy atom. The number of aliphatic hydroxyl groups is 1. The van der Waals surface area contributed by atoms with Crippen molar-refractivity contribution in [1.82, 2.24) is 5.32 Å². The first kappa shape index (κ1) is 17.1. The van der Waals surface area contributed by atoms with Gasteiger partial charge in [-0.2, -0.15) is 0 Å². The Morgan fingerprint density at radius 3 is 2.57 bits per heavy atom. The highest BCUT2D eigenvalue weighted by atomic mass is 16.5. The summed E-state index contributed by atoms with van der Waals surface area (Å²) in [5.74, 6) is 0.677. The van der Waals surface area contributed by atoms with E-state index in [0.717, 1.165) is 11.1 Å². The van der Waals surface area contributed by atoms with E-state index >= 15 is 0 Å². The molecule has 4 heteroatoms. The lowest BCUT2D eigenvalue weighted by Crippen LogP contribution is -2.19. The van der Waals surface area contributed by atoms with Crippen LogP contribution in [-0.4, -0.2) is 24.9 Å². The standard InChI is InChI=1S/C19H23NO3/c1-2-20-12-13-22-15-19(16-8-4-3-5-9-16)23-18-11-7-6-10-17(18)14-21/h2-11,19-21H,1,12-15H2/t19-/m1/s1. The monoisotopic (exact) mass is 313 g/mol. The molecule has 122 valence electrons. The van der Waals surface area contributed by atoms with Crippen molar-refractivity contribution in [3.8, 4) is 5.75 Å². The average Bonchev–Trinajstić information content (AvgIpc) is 2.61. The normalized spacial score (nSPS) is 11.7. The molecule has 0 heterocycles. The number of rotatable bonds is 10. The van der Waals surface area contributed by atoms with Crippen LogP contribution in [-0.2, 0) is 11.3 Å². The zero-order chi connectivity index (χ0) is 16.3. The Kier molecular flexibility index (Phi) is 7.17. The van der Waals surface area contributed by atoms with E-state index in [2.05, 4.69) is 11.9 Å². The molecule has 0 aliphatic carbocycles. The van der Waals surface area contributed by atoms with Crippen LogP contribution in [0.5, 0.6) is 5.75 Å². The van der Waals surface area contributed by atoms with Gasteiger partial charge in [-0.05, 0) is 17.8 Å². The molecule has 2 N–H and O–H groups in total. The van der Waals surface area contributed by atoms with Crippen LogP contribution in [0.25, 0.3) is 0 Å². The van der Waals surface area contributed by atoms with E-state index in [1.165, 1.54) is 0 Å². The van der Waals surface area contributed by atoms with E-state index in [4.69, 9.17) is 9.47 Å². The van der Waals surface area contributed by atoms with Gasteiger partial charge in [0.05, 0.1) is 19.8 Å². The van der Waals surface area contributed by atoms with Gasteiger partial charge in [0, 0.05) is 12.1 Å². The van der Waals surface area contributed by atoms with Crippen molar-refractivity contribution < 1.29 is 14.6 Å². The molecule has 2 aromatic carbocycles. The molecular formula is C19H23NO3. The van der Waals surface area contributed by atoms with Crippen molar-refractivity contribution in [3.05, 3.63) is 78.5 Å². The zero-order valence-corrected chi connectivity index (χ0v) is 13.2. The van der Waals surface area contributed by atoms with Gasteiger partial charge < -0.3 is 19.9 Å². The molecular weight excluding hydrogens is 290 g/mol. The SMILES string of the molecule is C=CNCCOC[C@@H](Oc1ccccc1CO)c1ccccc1. The number of hydrogen-bond acceptors (Lipinski definition) is 4. The average molecular weight is 313 g/mol. The third-order valence-electron chi connectivity index (χ3n) is 3.39. The van der Waals surface area contributed by atoms with Crippen molar-refractivity contribution in [2.45, 2.75) is 12.7 Å². The van der Waals surface area contributed by atoms with Crippen LogP contribution >= 0.6 is 0 Å². The quantitative estimate of drug-likeness (QED) is 0.662. The van der Waals surface area contributed by atoms with Crippen LogP contribution in [0, 0.1) is 0 Å². The van der Waals surface area contributed by atoms with Crippen molar-refractivity contribution in [2.24, 2.45) is 0 Å². The van der Waals surface area contributed by atoms with Gasteiger partial charge in [0.25, 0.3) is 0 Å². The first-order valence-corrected chi connectivity index (χ1v) is 7.67. The molecule has 0 unspecified atom stereocenters. The minimum absolute atomic E-state index is 0.0538. The van der Waals surface area contributed by atoms with Crippen LogP contribution in [0.15, 0.2) is 67.4 Å². The maximum absolute atomic E-state index is 9.45. The molecule has 23 heavy (non-hydrogen) atoms. The van der Waals surface area contributed by atoms with Crippen LogP contribution < -0.4 is 10.1 Å². The third-order valence-corrected chi connectivity index (χ3v) is 3.39. The van der Waals surface area contributed by atoms with E-state index in [1.807, 2.05) is 54.6 Å². The van der Waals surface area contributed by atoms with Crippen molar-refractivity contribution >= 4 is 0 Å². The van der Waals surface area contributed by atoms with E-state index in [0.29, 0.717) is 25.5 Å². The second-order valence-electron chi connectivity index (χ2n) is 5.02. The predicted octanol–water partition coefficient (Wildman–Crippen LogP) is 3.05. The fraction of sp³-hybridized carbons (Fsp3) is 0.263. The minimum atomic E-state index is -0.229. The number of para-hydroxylation sites is 1. The maximum Gasteiger partial charge on any atom is 0.147 e. The smallest absolute Gasteiger partial charge is 0.147 e. The molecule has 2 rings (SSSR count). The molecule has 0 aromatic heterocycles. The van der Waals surface area contributed by atoms with E-state index in [-0.39, 0.29) is 12.7 Å². The highest BCUT2D eigenvalue weighted by molar-refractivity contribution is 5.33. The van der Waals surface area contributed by atoms with E-state index in [9.17, 15) is 5.11 Å². The molecule has 0 saturated heterocycles. The highest BCUT2D eigenvalue weighted by Gasteiger charge is 2.15. The van der Waals surface area contributed by atoms with Crippen LogP contribution in [0.3, 0.4) is 0 Å². The summed E-state index contributed by atoms with van der Waals surface area (Å²) in [4.78, 5) is 0. The molecule has 0 radical (unpaired) electrons. The summed E-state index contributed by atoms with van der Waals surface area (Å²) in [5.41, 5.74) is 1.80. The van der Waals surface area contributed by atoms with Gasteiger partial charge in [-0.15, -0.1) is 0 Å². The second-order valence-corrected chi connectivity index (χ2v) is 5.02. The van der Waals surface area contributed by atoms with E-state index in [1.54, 1.807) is 6.20 Å². The van der Waals surface area contributed by atoms with Crippen LogP contribution in [0.2, 0.25) is 0 Å². The second kappa shape index (κ2) is 9.66. The number of hydrogen-bond donors (Lipinski definition) is 2. The maximum atomic E-state index is 9.45. The Hall–Kier alpha value is -2.30. The van der Waals surface area contributed by atoms with Gasteiger partial charge in [-0.1, -0.05) is 55.1 Å². The van der Waals surface area contributed by atoms with Crippen molar-refractivity contribution in [1.29, 1.82) is 0 Å². The van der Waals surface area contributed by atoms with Gasteiger partial charge in [0.15, 0.2) is 0 Å². The fourth-order valence-electron chi connectivity index (χ4n) is 2.19. The fourth-order valence-corrected chi connectivity index (χ4v) is 2.19. The lowest BCUT2D eigenvalue weighted by molar-refractivity contribution is 0.0506. The Balaban J connectivity index is 2.05. The molecule has 0 aliphatic heterocycles. The summed E-state index contributed by atoms with van der Waals surface area (Å²) in [6.45, 7) is 5.26. The van der Waals surface area contributed by atoms with Gasteiger partial charge in [-0.3, -0.25) is 0 Å². The first-order valence-electron chi connectivity index (χ1n) is 7.67. The molecule has 0 bridgehead atoms. The molecule has 0 aliphatic rings. The largest absolute Gasteiger partial charge is 0.483 e. The minimum Gasteiger partial charge on any atom is -0.483 e. The molecule has 0 spiro atoms. The summed E-state index contributed by atoms with van der Waals surface area (Å²) in [7, 11) is 0. The predicted molar refractivity (Wildman–Crippen MR) is 91.2 cm³/mol.